The van der Waals surface area contributed by atoms with Crippen LogP contribution in [0.15, 0.2) is 152 Å². The van der Waals surface area contributed by atoms with Gasteiger partial charge in [0.2, 0.25) is 0 Å². The number of benzene rings is 9. The Labute approximate surface area is 269 Å². The molecular formula is C46H34. The molecule has 0 aromatic heterocycles. The second-order valence-electron chi connectivity index (χ2n) is 13.7. The van der Waals surface area contributed by atoms with E-state index in [9.17, 15) is 0 Å². The molecule has 0 aliphatic heterocycles. The molecule has 0 amide bonds. The smallest absolute Gasteiger partial charge is 0.00198 e. The zero-order valence-corrected chi connectivity index (χ0v) is 26.4. The molecule has 0 saturated heterocycles. The normalized spacial score (nSPS) is 12.2. The molecule has 0 heterocycles. The summed E-state index contributed by atoms with van der Waals surface area (Å²) in [4.78, 5) is 0. The molecule has 0 nitrogen and oxygen atoms in total. The van der Waals surface area contributed by atoms with Gasteiger partial charge < -0.3 is 0 Å². The Morgan fingerprint density at radius 1 is 0.304 bits per heavy atom. The first-order valence-corrected chi connectivity index (χ1v) is 16.3. The summed E-state index contributed by atoms with van der Waals surface area (Å²) in [6, 6.07) is 56.6. The third-order valence-electron chi connectivity index (χ3n) is 9.96. The minimum atomic E-state index is 0.0123. The molecule has 46 heavy (non-hydrogen) atoms. The Bertz CT molecular complexity index is 2660. The molecule has 0 fully saturated rings. The summed E-state index contributed by atoms with van der Waals surface area (Å²) in [5.74, 6) is 0. The van der Waals surface area contributed by atoms with E-state index in [1.54, 1.807) is 0 Å². The fraction of sp³-hybridized carbons (Fsp3) is 0.0870. The highest BCUT2D eigenvalue weighted by atomic mass is 14.3. The molecular weight excluding hydrogens is 553 g/mol. The van der Waals surface area contributed by atoms with Crippen LogP contribution in [0.4, 0.5) is 0 Å². The van der Waals surface area contributed by atoms with E-state index in [1.165, 1.54) is 92.5 Å². The minimum Gasteiger partial charge on any atom is -0.0616 e. The van der Waals surface area contributed by atoms with Gasteiger partial charge in [-0.25, -0.2) is 0 Å². The molecule has 9 aromatic rings. The average molecular weight is 587 g/mol. The van der Waals surface area contributed by atoms with Gasteiger partial charge in [0.25, 0.3) is 0 Å². The third-order valence-corrected chi connectivity index (χ3v) is 9.96. The fourth-order valence-electron chi connectivity index (χ4n) is 7.75. The van der Waals surface area contributed by atoms with Crippen LogP contribution >= 0.6 is 0 Å². The lowest BCUT2D eigenvalue weighted by atomic mass is 9.79. The largest absolute Gasteiger partial charge is 0.0616 e. The van der Waals surface area contributed by atoms with Crippen LogP contribution in [0.5, 0.6) is 0 Å². The van der Waals surface area contributed by atoms with Crippen LogP contribution in [0.25, 0.3) is 86.9 Å². The molecule has 0 unspecified atom stereocenters. The number of hydrogen-bond donors (Lipinski definition) is 0. The molecule has 0 saturated carbocycles. The summed E-state index contributed by atoms with van der Waals surface area (Å²) < 4.78 is 0. The highest BCUT2D eigenvalue weighted by molar-refractivity contribution is 6.28. The van der Waals surface area contributed by atoms with Gasteiger partial charge in [-0.2, -0.15) is 0 Å². The lowest BCUT2D eigenvalue weighted by Gasteiger charge is -2.24. The predicted molar refractivity (Wildman–Crippen MR) is 201 cm³/mol. The summed E-state index contributed by atoms with van der Waals surface area (Å²) in [6.45, 7) is 6.95. The maximum Gasteiger partial charge on any atom is -0.00198 e. The maximum atomic E-state index is 2.48. The number of hydrogen-bond acceptors (Lipinski definition) is 0. The molecule has 9 aromatic carbocycles. The van der Waals surface area contributed by atoms with Gasteiger partial charge in [0.1, 0.15) is 0 Å². The maximum absolute atomic E-state index is 2.48. The molecule has 0 radical (unpaired) electrons. The van der Waals surface area contributed by atoms with Crippen molar-refractivity contribution in [2.75, 3.05) is 0 Å². The quantitative estimate of drug-likeness (QED) is 0.140. The second-order valence-corrected chi connectivity index (χ2v) is 13.7. The Kier molecular flexibility index (Phi) is 5.86. The van der Waals surface area contributed by atoms with Crippen molar-refractivity contribution in [1.82, 2.24) is 0 Å². The van der Waals surface area contributed by atoms with Crippen molar-refractivity contribution in [3.05, 3.63) is 157 Å². The van der Waals surface area contributed by atoms with Gasteiger partial charge in [0, 0.05) is 0 Å². The van der Waals surface area contributed by atoms with E-state index in [-0.39, 0.29) is 5.41 Å². The van der Waals surface area contributed by atoms with Gasteiger partial charge in [-0.3, -0.25) is 0 Å². The predicted octanol–water partition coefficient (Wildman–Crippen LogP) is 13.2. The van der Waals surface area contributed by atoms with E-state index in [4.69, 9.17) is 0 Å². The molecule has 0 heteroatoms. The van der Waals surface area contributed by atoms with E-state index in [0.29, 0.717) is 0 Å². The molecule has 0 N–H and O–H groups in total. The lowest BCUT2D eigenvalue weighted by molar-refractivity contribution is 0.591. The van der Waals surface area contributed by atoms with Gasteiger partial charge in [0.15, 0.2) is 0 Å². The van der Waals surface area contributed by atoms with Crippen LogP contribution < -0.4 is 0 Å². The first-order valence-electron chi connectivity index (χ1n) is 16.3. The topological polar surface area (TPSA) is 0 Å². The van der Waals surface area contributed by atoms with Crippen molar-refractivity contribution in [2.24, 2.45) is 0 Å². The van der Waals surface area contributed by atoms with E-state index in [0.717, 1.165) is 0 Å². The van der Waals surface area contributed by atoms with Crippen LogP contribution in [-0.2, 0) is 5.41 Å². The summed E-state index contributed by atoms with van der Waals surface area (Å²) in [5.41, 5.74) is 6.55. The standard InChI is InChI=1S/C46H34/c1-46(2,3)31-24-25-40-43(28-31)45(42-27-30-15-5-7-17-33(30)35-19-9-11-21-37(35)42)39-23-13-12-22-38(39)44(40)41-26-29-14-4-6-16-32(29)34-18-8-10-20-36(34)41/h4-28H,1-3H3. The van der Waals surface area contributed by atoms with Crippen molar-refractivity contribution in [3.63, 3.8) is 0 Å². The van der Waals surface area contributed by atoms with Crippen molar-refractivity contribution in [2.45, 2.75) is 26.2 Å². The summed E-state index contributed by atoms with van der Waals surface area (Å²) >= 11 is 0. The molecule has 0 aliphatic rings. The third kappa shape index (κ3) is 4.00. The minimum absolute atomic E-state index is 0.0123. The molecule has 0 atom stereocenters. The highest BCUT2D eigenvalue weighted by Crippen LogP contribution is 2.49. The van der Waals surface area contributed by atoms with Crippen molar-refractivity contribution in [3.8, 4) is 22.3 Å². The second kappa shape index (κ2) is 10.0. The van der Waals surface area contributed by atoms with Gasteiger partial charge >= 0.3 is 0 Å². The van der Waals surface area contributed by atoms with Gasteiger partial charge in [0.05, 0.1) is 0 Å². The SMILES string of the molecule is CC(C)(C)c1ccc2c(-c3cc4ccccc4c4ccccc34)c3ccccc3c(-c3cc4ccccc4c4ccccc34)c2c1. The zero-order chi connectivity index (χ0) is 31.0. The lowest BCUT2D eigenvalue weighted by Crippen LogP contribution is -2.10. The van der Waals surface area contributed by atoms with Crippen molar-refractivity contribution < 1.29 is 0 Å². The van der Waals surface area contributed by atoms with Crippen LogP contribution in [0.1, 0.15) is 26.3 Å². The molecule has 9 rings (SSSR count). The number of rotatable bonds is 2. The van der Waals surface area contributed by atoms with Gasteiger partial charge in [-0.15, -0.1) is 0 Å². The molecule has 0 aliphatic carbocycles. The van der Waals surface area contributed by atoms with E-state index in [1.807, 2.05) is 0 Å². The Morgan fingerprint density at radius 2 is 0.674 bits per heavy atom. The number of fused-ring (bicyclic) bond motifs is 8. The summed E-state index contributed by atoms with van der Waals surface area (Å²) in [7, 11) is 0. The first-order chi connectivity index (χ1) is 22.5. The van der Waals surface area contributed by atoms with Crippen LogP contribution in [0.2, 0.25) is 0 Å². The van der Waals surface area contributed by atoms with Crippen LogP contribution in [0.3, 0.4) is 0 Å². The Balaban J connectivity index is 1.52. The van der Waals surface area contributed by atoms with E-state index in [2.05, 4.69) is 172 Å². The van der Waals surface area contributed by atoms with Crippen molar-refractivity contribution >= 4 is 64.6 Å². The Hall–Kier alpha value is -5.46. The van der Waals surface area contributed by atoms with Crippen LogP contribution in [-0.4, -0.2) is 0 Å². The first kappa shape index (κ1) is 26.9. The molecule has 0 spiro atoms. The van der Waals surface area contributed by atoms with E-state index >= 15 is 0 Å². The fourth-order valence-corrected chi connectivity index (χ4v) is 7.75. The summed E-state index contributed by atoms with van der Waals surface area (Å²) in [5, 5.41) is 15.5. The van der Waals surface area contributed by atoms with Gasteiger partial charge in [-0.1, -0.05) is 154 Å². The molecule has 218 valence electrons. The van der Waals surface area contributed by atoms with E-state index < -0.39 is 0 Å². The molecule has 0 bridgehead atoms. The zero-order valence-electron chi connectivity index (χ0n) is 26.4. The van der Waals surface area contributed by atoms with Gasteiger partial charge in [-0.05, 0) is 116 Å². The monoisotopic (exact) mass is 586 g/mol. The summed E-state index contributed by atoms with van der Waals surface area (Å²) in [6.07, 6.45) is 0. The Morgan fingerprint density at radius 3 is 1.15 bits per heavy atom. The average Bonchev–Trinajstić information content (AvgIpc) is 3.09. The van der Waals surface area contributed by atoms with Crippen LogP contribution in [0, 0.1) is 0 Å². The van der Waals surface area contributed by atoms with Crippen molar-refractivity contribution in [1.29, 1.82) is 0 Å². The highest BCUT2D eigenvalue weighted by Gasteiger charge is 2.23.